The van der Waals surface area contributed by atoms with Crippen molar-refractivity contribution in [3.8, 4) is 0 Å². The first-order valence-electron chi connectivity index (χ1n) is 9.17. The van der Waals surface area contributed by atoms with Gasteiger partial charge in [-0.1, -0.05) is 24.4 Å². The number of hydrogen-bond acceptors (Lipinski definition) is 3. The molecule has 1 aliphatic carbocycles. The predicted molar refractivity (Wildman–Crippen MR) is 100 cm³/mol. The number of likely N-dealkylation sites (tertiary alicyclic amines) is 1. The van der Waals surface area contributed by atoms with Crippen molar-refractivity contribution < 1.29 is 14.4 Å². The maximum absolute atomic E-state index is 12.5. The molecule has 26 heavy (non-hydrogen) atoms. The van der Waals surface area contributed by atoms with Gasteiger partial charge in [-0.25, -0.2) is 0 Å². The number of rotatable bonds is 5. The molecular weight excluding hydrogens is 354 g/mol. The van der Waals surface area contributed by atoms with Crippen LogP contribution in [0.25, 0.3) is 0 Å². The van der Waals surface area contributed by atoms with E-state index >= 15 is 0 Å². The van der Waals surface area contributed by atoms with Crippen LogP contribution in [0.5, 0.6) is 0 Å². The molecule has 1 heterocycles. The van der Waals surface area contributed by atoms with E-state index < -0.39 is 0 Å². The minimum atomic E-state index is -0.343. The maximum Gasteiger partial charge on any atom is 0.252 e. The van der Waals surface area contributed by atoms with Gasteiger partial charge in [-0.05, 0) is 38.0 Å². The highest BCUT2D eigenvalue weighted by molar-refractivity contribution is 6.34. The van der Waals surface area contributed by atoms with E-state index in [1.54, 1.807) is 18.2 Å². The molecule has 1 atom stereocenters. The standard InChI is InChI=1S/C19H24ClN3O3/c1-2-21-19(26)15-8-7-13(10-16(15)20)22-18(25)12-9-17(24)23(11-12)14-5-3-4-6-14/h7-8,10,12,14H,2-6,9,11H2,1H3,(H,21,26)(H,22,25). The second-order valence-electron chi connectivity index (χ2n) is 6.93. The predicted octanol–water partition coefficient (Wildman–Crippen LogP) is 2.82. The monoisotopic (exact) mass is 377 g/mol. The van der Waals surface area contributed by atoms with Crippen LogP contribution in [-0.2, 0) is 9.59 Å². The van der Waals surface area contributed by atoms with Gasteiger partial charge in [0.1, 0.15) is 0 Å². The van der Waals surface area contributed by atoms with Crippen LogP contribution in [0.4, 0.5) is 5.69 Å². The zero-order valence-electron chi connectivity index (χ0n) is 14.9. The van der Waals surface area contributed by atoms with Gasteiger partial charge in [0.15, 0.2) is 0 Å². The molecule has 1 aromatic rings. The first-order chi connectivity index (χ1) is 12.5. The normalized spacial score (nSPS) is 20.5. The average Bonchev–Trinajstić information content (AvgIpc) is 3.24. The number of anilines is 1. The van der Waals surface area contributed by atoms with E-state index in [9.17, 15) is 14.4 Å². The van der Waals surface area contributed by atoms with Crippen LogP contribution in [0.15, 0.2) is 18.2 Å². The Morgan fingerprint density at radius 1 is 1.27 bits per heavy atom. The third-order valence-electron chi connectivity index (χ3n) is 5.11. The molecule has 0 aromatic heterocycles. The fourth-order valence-corrected chi connectivity index (χ4v) is 4.02. The van der Waals surface area contributed by atoms with Crippen molar-refractivity contribution in [3.05, 3.63) is 28.8 Å². The second kappa shape index (κ2) is 8.08. The van der Waals surface area contributed by atoms with E-state index in [0.29, 0.717) is 30.4 Å². The number of carbonyl (C=O) groups is 3. The maximum atomic E-state index is 12.5. The number of amides is 3. The van der Waals surface area contributed by atoms with Crippen LogP contribution in [0.3, 0.4) is 0 Å². The highest BCUT2D eigenvalue weighted by Gasteiger charge is 2.38. The molecule has 1 saturated carbocycles. The van der Waals surface area contributed by atoms with E-state index in [2.05, 4.69) is 10.6 Å². The lowest BCUT2D eigenvalue weighted by atomic mass is 10.1. The van der Waals surface area contributed by atoms with Crippen molar-refractivity contribution in [1.82, 2.24) is 10.2 Å². The lowest BCUT2D eigenvalue weighted by Gasteiger charge is -2.23. The minimum absolute atomic E-state index is 0.0710. The number of hydrogen-bond donors (Lipinski definition) is 2. The summed E-state index contributed by atoms with van der Waals surface area (Å²) in [5.41, 5.74) is 0.898. The number of halogens is 1. The van der Waals surface area contributed by atoms with E-state index in [0.717, 1.165) is 25.7 Å². The van der Waals surface area contributed by atoms with Gasteiger partial charge in [0.05, 0.1) is 16.5 Å². The Kier molecular flexibility index (Phi) is 5.81. The summed E-state index contributed by atoms with van der Waals surface area (Å²) < 4.78 is 0. The third kappa shape index (κ3) is 4.01. The number of nitrogens with zero attached hydrogens (tertiary/aromatic N) is 1. The molecule has 1 saturated heterocycles. The van der Waals surface area contributed by atoms with Crippen molar-refractivity contribution in [2.75, 3.05) is 18.4 Å². The molecule has 7 heteroatoms. The second-order valence-corrected chi connectivity index (χ2v) is 7.34. The van der Waals surface area contributed by atoms with Crippen LogP contribution >= 0.6 is 11.6 Å². The molecule has 1 unspecified atom stereocenters. The van der Waals surface area contributed by atoms with Gasteiger partial charge < -0.3 is 15.5 Å². The topological polar surface area (TPSA) is 78.5 Å². The molecule has 3 rings (SSSR count). The molecule has 3 amide bonds. The van der Waals surface area contributed by atoms with E-state index in [1.807, 2.05) is 11.8 Å². The van der Waals surface area contributed by atoms with Gasteiger partial charge in [0, 0.05) is 31.2 Å². The third-order valence-corrected chi connectivity index (χ3v) is 5.43. The summed E-state index contributed by atoms with van der Waals surface area (Å²) in [5, 5.41) is 5.79. The molecular formula is C19H24ClN3O3. The Bertz CT molecular complexity index is 716. The van der Waals surface area contributed by atoms with Crippen molar-refractivity contribution in [2.45, 2.75) is 45.1 Å². The zero-order chi connectivity index (χ0) is 18.7. The van der Waals surface area contributed by atoms with Crippen LogP contribution in [0.2, 0.25) is 5.02 Å². The molecule has 1 aromatic carbocycles. The highest BCUT2D eigenvalue weighted by atomic mass is 35.5. The molecule has 6 nitrogen and oxygen atoms in total. The van der Waals surface area contributed by atoms with Gasteiger partial charge >= 0.3 is 0 Å². The quantitative estimate of drug-likeness (QED) is 0.828. The molecule has 1 aliphatic heterocycles. The summed E-state index contributed by atoms with van der Waals surface area (Å²) >= 11 is 6.16. The molecule has 0 bridgehead atoms. The SMILES string of the molecule is CCNC(=O)c1ccc(NC(=O)C2CC(=O)N(C3CCCC3)C2)cc1Cl. The Morgan fingerprint density at radius 2 is 2.00 bits per heavy atom. The fourth-order valence-electron chi connectivity index (χ4n) is 3.75. The zero-order valence-corrected chi connectivity index (χ0v) is 15.6. The molecule has 2 fully saturated rings. The highest BCUT2D eigenvalue weighted by Crippen LogP contribution is 2.30. The lowest BCUT2D eigenvalue weighted by molar-refractivity contribution is -0.129. The molecule has 0 spiro atoms. The Labute approximate surface area is 158 Å². The summed E-state index contributed by atoms with van der Waals surface area (Å²) in [6, 6.07) is 5.11. The number of nitrogens with one attached hydrogen (secondary N) is 2. The van der Waals surface area contributed by atoms with Crippen molar-refractivity contribution >= 4 is 35.0 Å². The Hall–Kier alpha value is -2.08. The van der Waals surface area contributed by atoms with E-state index in [-0.39, 0.29) is 35.1 Å². The van der Waals surface area contributed by atoms with Gasteiger partial charge in [-0.2, -0.15) is 0 Å². The van der Waals surface area contributed by atoms with Crippen LogP contribution in [0.1, 0.15) is 49.4 Å². The molecule has 0 radical (unpaired) electrons. The van der Waals surface area contributed by atoms with Gasteiger partial charge in [-0.3, -0.25) is 14.4 Å². The Balaban J connectivity index is 1.62. The lowest BCUT2D eigenvalue weighted by Crippen LogP contribution is -2.35. The number of carbonyl (C=O) groups excluding carboxylic acids is 3. The summed E-state index contributed by atoms with van der Waals surface area (Å²) in [5.74, 6) is -0.698. The summed E-state index contributed by atoms with van der Waals surface area (Å²) in [6.07, 6.45) is 4.64. The van der Waals surface area contributed by atoms with Crippen LogP contribution < -0.4 is 10.6 Å². The van der Waals surface area contributed by atoms with Crippen molar-refractivity contribution in [1.29, 1.82) is 0 Å². The van der Waals surface area contributed by atoms with Gasteiger partial charge in [0.2, 0.25) is 11.8 Å². The first kappa shape index (κ1) is 18.7. The van der Waals surface area contributed by atoms with E-state index in [1.165, 1.54) is 0 Å². The molecule has 2 N–H and O–H groups in total. The first-order valence-corrected chi connectivity index (χ1v) is 9.55. The van der Waals surface area contributed by atoms with Gasteiger partial charge in [0.25, 0.3) is 5.91 Å². The summed E-state index contributed by atoms with van der Waals surface area (Å²) in [4.78, 5) is 38.5. The summed E-state index contributed by atoms with van der Waals surface area (Å²) in [6.45, 7) is 2.83. The largest absolute Gasteiger partial charge is 0.352 e. The van der Waals surface area contributed by atoms with Gasteiger partial charge in [-0.15, -0.1) is 0 Å². The Morgan fingerprint density at radius 3 is 2.65 bits per heavy atom. The van der Waals surface area contributed by atoms with Crippen LogP contribution in [0, 0.1) is 5.92 Å². The minimum Gasteiger partial charge on any atom is -0.352 e. The fraction of sp³-hybridized carbons (Fsp3) is 0.526. The molecule has 140 valence electrons. The van der Waals surface area contributed by atoms with E-state index in [4.69, 9.17) is 11.6 Å². The summed E-state index contributed by atoms with van der Waals surface area (Å²) in [7, 11) is 0. The van der Waals surface area contributed by atoms with Crippen molar-refractivity contribution in [3.63, 3.8) is 0 Å². The average molecular weight is 378 g/mol. The molecule has 2 aliphatic rings. The number of benzene rings is 1. The van der Waals surface area contributed by atoms with Crippen LogP contribution in [-0.4, -0.2) is 41.8 Å². The van der Waals surface area contributed by atoms with Crippen molar-refractivity contribution in [2.24, 2.45) is 5.92 Å². The smallest absolute Gasteiger partial charge is 0.252 e.